The van der Waals surface area contributed by atoms with Crippen LogP contribution in [-0.2, 0) is 11.3 Å². The van der Waals surface area contributed by atoms with Gasteiger partial charge in [0, 0.05) is 45.2 Å². The van der Waals surface area contributed by atoms with Crippen LogP contribution in [0.4, 0.5) is 11.8 Å². The molecule has 186 valence electrons. The van der Waals surface area contributed by atoms with E-state index in [0.29, 0.717) is 66.9 Å². The van der Waals surface area contributed by atoms with E-state index in [4.69, 9.17) is 26.1 Å². The van der Waals surface area contributed by atoms with E-state index < -0.39 is 0 Å². The van der Waals surface area contributed by atoms with Crippen LogP contribution in [0.2, 0.25) is 5.02 Å². The maximum Gasteiger partial charge on any atom is 0.228 e. The molecule has 1 aliphatic heterocycles. The number of anilines is 2. The van der Waals surface area contributed by atoms with Gasteiger partial charge in [-0.15, -0.1) is 0 Å². The number of nitrogens with one attached hydrogen (secondary N) is 2. The molecule has 0 unspecified atom stereocenters. The van der Waals surface area contributed by atoms with Crippen LogP contribution in [0.15, 0.2) is 48.5 Å². The van der Waals surface area contributed by atoms with Crippen molar-refractivity contribution in [3.05, 3.63) is 59.4 Å². The summed E-state index contributed by atoms with van der Waals surface area (Å²) in [6, 6.07) is 14.8. The average Bonchev–Trinajstić information content (AvgIpc) is 3.32. The van der Waals surface area contributed by atoms with Crippen molar-refractivity contribution in [2.75, 3.05) is 43.5 Å². The van der Waals surface area contributed by atoms with Gasteiger partial charge in [0.1, 0.15) is 23.1 Å². The first kappa shape index (κ1) is 23.7. The summed E-state index contributed by atoms with van der Waals surface area (Å²) in [5.74, 6) is 3.35. The van der Waals surface area contributed by atoms with Crippen LogP contribution in [0.1, 0.15) is 12.7 Å². The standard InChI is InChI=1S/C25H26ClN7O3/c1-16(34)32-9-11-33(12-10-32)23-14-24(36-21-8-7-17(35-2)13-18(21)26)31-25(30-23)27-15-22-28-19-5-3-4-6-20(19)29-22/h3-8,13-14H,9-12,15H2,1-2H3,(H,28,29)(H,27,30,31). The molecule has 10 nitrogen and oxygen atoms in total. The zero-order chi connectivity index (χ0) is 25.1. The first-order valence-electron chi connectivity index (χ1n) is 11.6. The summed E-state index contributed by atoms with van der Waals surface area (Å²) in [5, 5.41) is 3.65. The molecule has 0 spiro atoms. The number of nitrogens with zero attached hydrogens (tertiary/aromatic N) is 5. The van der Waals surface area contributed by atoms with Gasteiger partial charge in [-0.2, -0.15) is 9.97 Å². The highest BCUT2D eigenvalue weighted by Crippen LogP contribution is 2.33. The summed E-state index contributed by atoms with van der Waals surface area (Å²) >= 11 is 6.39. The van der Waals surface area contributed by atoms with E-state index >= 15 is 0 Å². The van der Waals surface area contributed by atoms with Crippen molar-refractivity contribution < 1.29 is 14.3 Å². The van der Waals surface area contributed by atoms with Gasteiger partial charge >= 0.3 is 0 Å². The third-order valence-electron chi connectivity index (χ3n) is 5.94. The van der Waals surface area contributed by atoms with Crippen molar-refractivity contribution in [2.45, 2.75) is 13.5 Å². The van der Waals surface area contributed by atoms with Gasteiger partial charge in [-0.25, -0.2) is 4.98 Å². The van der Waals surface area contributed by atoms with Gasteiger partial charge < -0.3 is 29.6 Å². The van der Waals surface area contributed by atoms with E-state index in [9.17, 15) is 4.79 Å². The number of H-pyrrole nitrogens is 1. The summed E-state index contributed by atoms with van der Waals surface area (Å²) in [5.41, 5.74) is 1.86. The Balaban J connectivity index is 1.39. The molecule has 1 amide bonds. The van der Waals surface area contributed by atoms with Gasteiger partial charge in [-0.05, 0) is 24.3 Å². The zero-order valence-corrected chi connectivity index (χ0v) is 20.7. The Hall–Kier alpha value is -4.05. The molecule has 2 aromatic heterocycles. The van der Waals surface area contributed by atoms with E-state index in [2.05, 4.69) is 25.2 Å². The number of benzene rings is 2. The minimum absolute atomic E-state index is 0.0729. The van der Waals surface area contributed by atoms with E-state index in [0.717, 1.165) is 16.9 Å². The number of para-hydroxylation sites is 2. The second-order valence-corrected chi connectivity index (χ2v) is 8.74. The Morgan fingerprint density at radius 1 is 1.08 bits per heavy atom. The summed E-state index contributed by atoms with van der Waals surface area (Å²) in [6.45, 7) is 4.55. The number of carbonyl (C=O) groups excluding carboxylic acids is 1. The number of imidazole rings is 1. The van der Waals surface area contributed by atoms with Gasteiger partial charge in [0.05, 0.1) is 29.7 Å². The number of hydrogen-bond acceptors (Lipinski definition) is 8. The maximum absolute atomic E-state index is 11.7. The molecule has 0 aliphatic carbocycles. The topological polar surface area (TPSA) is 109 Å². The predicted molar refractivity (Wildman–Crippen MR) is 138 cm³/mol. The smallest absolute Gasteiger partial charge is 0.228 e. The third-order valence-corrected chi connectivity index (χ3v) is 6.24. The van der Waals surface area contributed by atoms with Crippen LogP contribution >= 0.6 is 11.6 Å². The quantitative estimate of drug-likeness (QED) is 0.385. The predicted octanol–water partition coefficient (Wildman–Crippen LogP) is 4.09. The van der Waals surface area contributed by atoms with Gasteiger partial charge in [0.2, 0.25) is 17.7 Å². The molecule has 2 aromatic carbocycles. The van der Waals surface area contributed by atoms with Gasteiger partial charge in [0.15, 0.2) is 0 Å². The van der Waals surface area contributed by atoms with E-state index in [-0.39, 0.29) is 5.91 Å². The fraction of sp³-hybridized carbons (Fsp3) is 0.280. The fourth-order valence-corrected chi connectivity index (χ4v) is 4.22. The lowest BCUT2D eigenvalue weighted by molar-refractivity contribution is -0.129. The highest BCUT2D eigenvalue weighted by atomic mass is 35.5. The second kappa shape index (κ2) is 10.3. The minimum Gasteiger partial charge on any atom is -0.497 e. The van der Waals surface area contributed by atoms with Crippen molar-refractivity contribution >= 4 is 40.3 Å². The number of ether oxygens (including phenoxy) is 2. The second-order valence-electron chi connectivity index (χ2n) is 8.33. The number of amides is 1. The number of rotatable bonds is 7. The lowest BCUT2D eigenvalue weighted by atomic mass is 10.3. The molecule has 36 heavy (non-hydrogen) atoms. The number of piperazine rings is 1. The molecule has 0 bridgehead atoms. The van der Waals surface area contributed by atoms with E-state index in [1.165, 1.54) is 0 Å². The first-order chi connectivity index (χ1) is 17.5. The molecule has 0 saturated carbocycles. The van der Waals surface area contributed by atoms with Crippen LogP contribution < -0.4 is 19.7 Å². The molecular weight excluding hydrogens is 482 g/mol. The largest absolute Gasteiger partial charge is 0.497 e. The Bertz CT molecular complexity index is 1350. The van der Waals surface area contributed by atoms with Crippen LogP contribution in [0.5, 0.6) is 17.4 Å². The number of aromatic amines is 1. The SMILES string of the molecule is COc1ccc(Oc2cc(N3CCN(C(C)=O)CC3)nc(NCc3nc4ccccc4[nH]3)n2)c(Cl)c1. The third kappa shape index (κ3) is 5.28. The molecule has 1 aliphatic rings. The van der Waals surface area contributed by atoms with Gasteiger partial charge in [-0.1, -0.05) is 23.7 Å². The Labute approximate surface area is 213 Å². The van der Waals surface area contributed by atoms with Crippen LogP contribution in [0.25, 0.3) is 11.0 Å². The van der Waals surface area contributed by atoms with Crippen LogP contribution in [-0.4, -0.2) is 64.0 Å². The molecular formula is C25H26ClN7O3. The molecule has 2 N–H and O–H groups in total. The Morgan fingerprint density at radius 3 is 2.61 bits per heavy atom. The first-order valence-corrected chi connectivity index (χ1v) is 11.9. The summed E-state index contributed by atoms with van der Waals surface area (Å²) in [7, 11) is 1.58. The van der Waals surface area contributed by atoms with Crippen molar-refractivity contribution in [1.29, 1.82) is 0 Å². The number of methoxy groups -OCH3 is 1. The molecule has 5 rings (SSSR count). The fourth-order valence-electron chi connectivity index (χ4n) is 4.01. The molecule has 0 atom stereocenters. The molecule has 3 heterocycles. The summed E-state index contributed by atoms with van der Waals surface area (Å²) < 4.78 is 11.3. The number of aromatic nitrogens is 4. The molecule has 1 saturated heterocycles. The number of carbonyl (C=O) groups is 1. The summed E-state index contributed by atoms with van der Waals surface area (Å²) in [4.78, 5) is 32.8. The van der Waals surface area contributed by atoms with Crippen LogP contribution in [0.3, 0.4) is 0 Å². The highest BCUT2D eigenvalue weighted by molar-refractivity contribution is 6.32. The Kier molecular flexibility index (Phi) is 6.77. The maximum atomic E-state index is 11.7. The Morgan fingerprint density at radius 2 is 1.89 bits per heavy atom. The van der Waals surface area contributed by atoms with Crippen molar-refractivity contribution in [1.82, 2.24) is 24.8 Å². The van der Waals surface area contributed by atoms with E-state index in [1.807, 2.05) is 29.2 Å². The molecule has 11 heteroatoms. The molecule has 4 aromatic rings. The zero-order valence-electron chi connectivity index (χ0n) is 20.0. The number of fused-ring (bicyclic) bond motifs is 1. The lowest BCUT2D eigenvalue weighted by Crippen LogP contribution is -2.48. The molecule has 1 fully saturated rings. The number of hydrogen-bond donors (Lipinski definition) is 2. The van der Waals surface area contributed by atoms with Crippen molar-refractivity contribution in [3.63, 3.8) is 0 Å². The lowest BCUT2D eigenvalue weighted by Gasteiger charge is -2.35. The van der Waals surface area contributed by atoms with Gasteiger partial charge in [0.25, 0.3) is 0 Å². The summed E-state index contributed by atoms with van der Waals surface area (Å²) in [6.07, 6.45) is 0. The minimum atomic E-state index is 0.0729. The molecule has 0 radical (unpaired) electrons. The van der Waals surface area contributed by atoms with Gasteiger partial charge in [-0.3, -0.25) is 4.79 Å². The monoisotopic (exact) mass is 507 g/mol. The van der Waals surface area contributed by atoms with Crippen molar-refractivity contribution in [3.8, 4) is 17.4 Å². The van der Waals surface area contributed by atoms with E-state index in [1.54, 1.807) is 38.3 Å². The highest BCUT2D eigenvalue weighted by Gasteiger charge is 2.21. The van der Waals surface area contributed by atoms with Crippen molar-refractivity contribution in [2.24, 2.45) is 0 Å². The average molecular weight is 508 g/mol. The number of halogens is 1. The van der Waals surface area contributed by atoms with Crippen LogP contribution in [0, 0.1) is 0 Å². The normalized spacial score (nSPS) is 13.6.